The molecule has 2 heterocycles. The second-order valence-electron chi connectivity index (χ2n) is 7.52. The van der Waals surface area contributed by atoms with E-state index in [1.54, 1.807) is 0 Å². The van der Waals surface area contributed by atoms with E-state index in [1.165, 1.54) is 30.5 Å². The van der Waals surface area contributed by atoms with Crippen molar-refractivity contribution in [2.45, 2.75) is 24.8 Å². The molecule has 2 aromatic rings. The van der Waals surface area contributed by atoms with Crippen molar-refractivity contribution in [2.75, 3.05) is 32.8 Å². The van der Waals surface area contributed by atoms with Gasteiger partial charge >= 0.3 is 0 Å². The van der Waals surface area contributed by atoms with Gasteiger partial charge in [0.05, 0.1) is 34.5 Å². The molecule has 1 atom stereocenters. The van der Waals surface area contributed by atoms with Crippen molar-refractivity contribution in [3.05, 3.63) is 50.9 Å². The third-order valence-corrected chi connectivity index (χ3v) is 6.80. The topological polar surface area (TPSA) is 93.5 Å². The van der Waals surface area contributed by atoms with Crippen LogP contribution < -0.4 is 10.3 Å². The van der Waals surface area contributed by atoms with Gasteiger partial charge in [0.2, 0.25) is 10.0 Å². The van der Waals surface area contributed by atoms with Crippen LogP contribution in [0.15, 0.2) is 40.2 Å². The van der Waals surface area contributed by atoms with E-state index in [2.05, 4.69) is 28.6 Å². The molecule has 1 aliphatic rings. The molecular formula is C19H24Cl2N4O4S. The molecule has 0 aliphatic carbocycles. The zero-order valence-electron chi connectivity index (χ0n) is 16.7. The molecule has 0 unspecified atom stereocenters. The van der Waals surface area contributed by atoms with Crippen molar-refractivity contribution in [3.8, 4) is 5.69 Å². The van der Waals surface area contributed by atoms with Crippen molar-refractivity contribution in [1.29, 1.82) is 0 Å². The summed E-state index contributed by atoms with van der Waals surface area (Å²) in [5, 5.41) is 3.83. The second kappa shape index (κ2) is 9.76. The molecule has 0 saturated carbocycles. The molecule has 1 aromatic heterocycles. The largest absolute Gasteiger partial charge is 0.374 e. The fourth-order valence-electron chi connectivity index (χ4n) is 3.24. The Morgan fingerprint density at radius 3 is 2.63 bits per heavy atom. The second-order valence-corrected chi connectivity index (χ2v) is 10.1. The van der Waals surface area contributed by atoms with Crippen molar-refractivity contribution in [3.63, 3.8) is 0 Å². The van der Waals surface area contributed by atoms with Gasteiger partial charge in [0.25, 0.3) is 5.56 Å². The maximum Gasteiger partial charge on any atom is 0.291 e. The van der Waals surface area contributed by atoms with Crippen molar-refractivity contribution in [1.82, 2.24) is 19.4 Å². The first-order valence-corrected chi connectivity index (χ1v) is 11.8. The standard InChI is InChI=1S/C19H24Cl2N4O4S/c1-13(2)11-24-7-8-29-15(12-24)9-23-30(27,28)16-5-3-14(4-6-16)25-19(26)18(21)17(20)10-22-25/h3-6,10,13,15,23H,7-9,11-12H2,1-2H3/t15-/m0/s1. The summed E-state index contributed by atoms with van der Waals surface area (Å²) in [5.74, 6) is 0.538. The molecule has 1 saturated heterocycles. The number of nitrogens with zero attached hydrogens (tertiary/aromatic N) is 3. The fraction of sp³-hybridized carbons (Fsp3) is 0.474. The number of hydrogen-bond donors (Lipinski definition) is 1. The summed E-state index contributed by atoms with van der Waals surface area (Å²) in [6, 6.07) is 5.77. The molecule has 1 fully saturated rings. The van der Waals surface area contributed by atoms with E-state index < -0.39 is 15.6 Å². The third kappa shape index (κ3) is 5.60. The van der Waals surface area contributed by atoms with Gasteiger partial charge in [0, 0.05) is 26.2 Å². The van der Waals surface area contributed by atoms with E-state index >= 15 is 0 Å². The van der Waals surface area contributed by atoms with Crippen LogP contribution in [0.2, 0.25) is 10.0 Å². The highest BCUT2D eigenvalue weighted by Gasteiger charge is 2.23. The maximum atomic E-state index is 12.6. The number of hydrogen-bond acceptors (Lipinski definition) is 6. The zero-order chi connectivity index (χ0) is 21.9. The Morgan fingerprint density at radius 2 is 1.97 bits per heavy atom. The number of nitrogens with one attached hydrogen (secondary N) is 1. The van der Waals surface area contributed by atoms with Crippen LogP contribution in [0.1, 0.15) is 13.8 Å². The molecule has 0 bridgehead atoms. The molecule has 0 spiro atoms. The normalized spacial score (nSPS) is 18.1. The summed E-state index contributed by atoms with van der Waals surface area (Å²) < 4.78 is 34.6. The van der Waals surface area contributed by atoms with E-state index in [4.69, 9.17) is 27.9 Å². The lowest BCUT2D eigenvalue weighted by molar-refractivity contribution is -0.0280. The molecular weight excluding hydrogens is 451 g/mol. The quantitative estimate of drug-likeness (QED) is 0.660. The molecule has 0 radical (unpaired) electrons. The number of morpholine rings is 1. The van der Waals surface area contributed by atoms with Crippen LogP contribution in [0.25, 0.3) is 5.69 Å². The number of halogens is 2. The maximum absolute atomic E-state index is 12.6. The molecule has 1 aromatic carbocycles. The average Bonchev–Trinajstić information content (AvgIpc) is 2.71. The Bertz CT molecular complexity index is 1040. The van der Waals surface area contributed by atoms with Gasteiger partial charge in [-0.2, -0.15) is 9.78 Å². The summed E-state index contributed by atoms with van der Waals surface area (Å²) in [7, 11) is -3.73. The number of rotatable bonds is 7. The van der Waals surface area contributed by atoms with Gasteiger partial charge < -0.3 is 4.74 Å². The van der Waals surface area contributed by atoms with Crippen LogP contribution in [0.4, 0.5) is 0 Å². The van der Waals surface area contributed by atoms with Gasteiger partial charge in [-0.05, 0) is 30.2 Å². The van der Waals surface area contributed by atoms with Crippen LogP contribution >= 0.6 is 23.2 Å². The highest BCUT2D eigenvalue weighted by Crippen LogP contribution is 2.17. The van der Waals surface area contributed by atoms with Crippen molar-refractivity contribution < 1.29 is 13.2 Å². The molecule has 11 heteroatoms. The lowest BCUT2D eigenvalue weighted by Crippen LogP contribution is -2.48. The predicted molar refractivity (Wildman–Crippen MR) is 116 cm³/mol. The van der Waals surface area contributed by atoms with Crippen molar-refractivity contribution >= 4 is 33.2 Å². The zero-order valence-corrected chi connectivity index (χ0v) is 19.0. The SMILES string of the molecule is CC(C)CN1CCO[C@@H](CNS(=O)(=O)c2ccc(-n3ncc(Cl)c(Cl)c3=O)cc2)C1. The van der Waals surface area contributed by atoms with Crippen molar-refractivity contribution in [2.24, 2.45) is 5.92 Å². The Balaban J connectivity index is 1.67. The Labute approximate surface area is 185 Å². The van der Waals surface area contributed by atoms with E-state index in [9.17, 15) is 13.2 Å². The van der Waals surface area contributed by atoms with Gasteiger partial charge in [-0.3, -0.25) is 9.69 Å². The number of ether oxygens (including phenoxy) is 1. The first kappa shape index (κ1) is 23.2. The van der Waals surface area contributed by atoms with Gasteiger partial charge in [-0.25, -0.2) is 13.1 Å². The van der Waals surface area contributed by atoms with Gasteiger partial charge in [-0.1, -0.05) is 37.0 Å². The van der Waals surface area contributed by atoms with E-state index in [1.807, 2.05) is 0 Å². The summed E-state index contributed by atoms with van der Waals surface area (Å²) in [4.78, 5) is 14.5. The lowest BCUT2D eigenvalue weighted by atomic mass is 10.2. The molecule has 1 N–H and O–H groups in total. The summed E-state index contributed by atoms with van der Waals surface area (Å²) in [6.07, 6.45) is 1.05. The highest BCUT2D eigenvalue weighted by molar-refractivity contribution is 7.89. The summed E-state index contributed by atoms with van der Waals surface area (Å²) >= 11 is 11.6. The van der Waals surface area contributed by atoms with Crippen LogP contribution in [-0.4, -0.2) is 62.0 Å². The predicted octanol–water partition coefficient (Wildman–Crippen LogP) is 2.17. The minimum Gasteiger partial charge on any atom is -0.374 e. The minimum atomic E-state index is -3.73. The highest BCUT2D eigenvalue weighted by atomic mass is 35.5. The molecule has 1 aliphatic heterocycles. The molecule has 8 nitrogen and oxygen atoms in total. The van der Waals surface area contributed by atoms with E-state index in [-0.39, 0.29) is 27.6 Å². The van der Waals surface area contributed by atoms with Gasteiger partial charge in [0.15, 0.2) is 0 Å². The lowest BCUT2D eigenvalue weighted by Gasteiger charge is -2.33. The molecule has 164 valence electrons. The van der Waals surface area contributed by atoms with Gasteiger partial charge in [-0.15, -0.1) is 0 Å². The van der Waals surface area contributed by atoms with E-state index in [0.29, 0.717) is 24.8 Å². The Kier molecular flexibility index (Phi) is 7.54. The van der Waals surface area contributed by atoms with Gasteiger partial charge in [0.1, 0.15) is 5.02 Å². The first-order chi connectivity index (χ1) is 14.2. The van der Waals surface area contributed by atoms with Crippen LogP contribution in [0, 0.1) is 5.92 Å². The molecule has 3 rings (SSSR count). The first-order valence-electron chi connectivity index (χ1n) is 9.55. The smallest absolute Gasteiger partial charge is 0.291 e. The Morgan fingerprint density at radius 1 is 1.27 bits per heavy atom. The number of benzene rings is 1. The minimum absolute atomic E-state index is 0.0539. The number of sulfonamides is 1. The summed E-state index contributed by atoms with van der Waals surface area (Å²) in [5.41, 5.74) is -0.212. The Hall–Kier alpha value is -1.49. The molecule has 0 amide bonds. The third-order valence-electron chi connectivity index (χ3n) is 4.62. The summed E-state index contributed by atoms with van der Waals surface area (Å²) in [6.45, 7) is 7.56. The average molecular weight is 475 g/mol. The fourth-order valence-corrected chi connectivity index (χ4v) is 4.55. The van der Waals surface area contributed by atoms with E-state index in [0.717, 1.165) is 17.8 Å². The number of aromatic nitrogens is 2. The monoisotopic (exact) mass is 474 g/mol. The van der Waals surface area contributed by atoms with Crippen LogP contribution in [0.3, 0.4) is 0 Å². The van der Waals surface area contributed by atoms with Crippen LogP contribution in [0.5, 0.6) is 0 Å². The van der Waals surface area contributed by atoms with Crippen LogP contribution in [-0.2, 0) is 14.8 Å². The molecule has 30 heavy (non-hydrogen) atoms.